The van der Waals surface area contributed by atoms with Crippen molar-refractivity contribution in [2.24, 2.45) is 0 Å². The number of hydrogen-bond acceptors (Lipinski definition) is 3. The quantitative estimate of drug-likeness (QED) is 0.764. The van der Waals surface area contributed by atoms with Gasteiger partial charge in [-0.05, 0) is 54.9 Å². The number of halogens is 2. The Morgan fingerprint density at radius 1 is 1.24 bits per heavy atom. The maximum absolute atomic E-state index is 12.1. The summed E-state index contributed by atoms with van der Waals surface area (Å²) < 4.78 is 1.65. The summed E-state index contributed by atoms with van der Waals surface area (Å²) in [5.74, 6) is -1.21. The van der Waals surface area contributed by atoms with Gasteiger partial charge in [-0.25, -0.2) is 0 Å². The maximum Gasteiger partial charge on any atom is 0.317 e. The Morgan fingerprint density at radius 3 is 2.33 bits per heavy atom. The van der Waals surface area contributed by atoms with Gasteiger partial charge in [-0.3, -0.25) is 14.5 Å². The van der Waals surface area contributed by atoms with Crippen LogP contribution in [0.3, 0.4) is 0 Å². The number of aliphatic carboxylic acids is 1. The topological polar surface area (TPSA) is 69.6 Å². The average Bonchev–Trinajstić information content (AvgIpc) is 2.30. The molecule has 0 fully saturated rings. The van der Waals surface area contributed by atoms with Crippen molar-refractivity contribution in [3.63, 3.8) is 0 Å². The van der Waals surface area contributed by atoms with Crippen LogP contribution in [0.5, 0.6) is 0 Å². The molecule has 0 radical (unpaired) electrons. The number of amides is 1. The van der Waals surface area contributed by atoms with Crippen LogP contribution in [0, 0.1) is 0 Å². The highest BCUT2D eigenvalue weighted by Gasteiger charge is 2.25. The number of rotatable bonds is 5. The lowest BCUT2D eigenvalue weighted by molar-refractivity contribution is -0.140. The van der Waals surface area contributed by atoms with Crippen LogP contribution in [0.15, 0.2) is 27.1 Å². The van der Waals surface area contributed by atoms with Crippen molar-refractivity contribution in [2.45, 2.75) is 26.3 Å². The van der Waals surface area contributed by atoms with Crippen LogP contribution in [0.2, 0.25) is 0 Å². The number of carbonyl (C=O) groups is 2. The fourth-order valence-corrected chi connectivity index (χ4v) is 2.79. The summed E-state index contributed by atoms with van der Waals surface area (Å²) >= 11 is 6.71. The van der Waals surface area contributed by atoms with E-state index in [4.69, 9.17) is 5.11 Å². The summed E-state index contributed by atoms with van der Waals surface area (Å²) in [6.45, 7) is 5.45. The van der Waals surface area contributed by atoms with Crippen LogP contribution in [0.25, 0.3) is 0 Å². The predicted octanol–water partition coefficient (Wildman–Crippen LogP) is 3.34. The SMILES string of the molecule is CC(C)(C)N(CC(=O)O)CC(=O)Nc1ccc(Br)cc1Br. The van der Waals surface area contributed by atoms with Crippen LogP contribution in [-0.2, 0) is 9.59 Å². The molecule has 0 aliphatic rings. The molecule has 21 heavy (non-hydrogen) atoms. The third-order valence-electron chi connectivity index (χ3n) is 2.81. The summed E-state index contributed by atoms with van der Waals surface area (Å²) in [6.07, 6.45) is 0. The highest BCUT2D eigenvalue weighted by molar-refractivity contribution is 9.11. The largest absolute Gasteiger partial charge is 0.480 e. The van der Waals surface area contributed by atoms with Gasteiger partial charge in [0.1, 0.15) is 0 Å². The number of carboxylic acids is 1. The Hall–Kier alpha value is -0.920. The van der Waals surface area contributed by atoms with Crippen molar-refractivity contribution in [1.82, 2.24) is 4.90 Å². The van der Waals surface area contributed by atoms with Crippen molar-refractivity contribution in [1.29, 1.82) is 0 Å². The molecule has 1 aromatic rings. The molecule has 0 aliphatic carbocycles. The number of carbonyl (C=O) groups excluding carboxylic acids is 1. The molecule has 0 unspecified atom stereocenters. The van der Waals surface area contributed by atoms with Gasteiger partial charge >= 0.3 is 5.97 Å². The monoisotopic (exact) mass is 420 g/mol. The summed E-state index contributed by atoms with van der Waals surface area (Å²) in [4.78, 5) is 24.6. The minimum absolute atomic E-state index is 0.0122. The van der Waals surface area contributed by atoms with Gasteiger partial charge in [-0.1, -0.05) is 15.9 Å². The van der Waals surface area contributed by atoms with Crippen molar-refractivity contribution in [2.75, 3.05) is 18.4 Å². The van der Waals surface area contributed by atoms with Gasteiger partial charge in [0.05, 0.1) is 18.8 Å². The molecule has 0 atom stereocenters. The molecule has 2 N–H and O–H groups in total. The zero-order valence-electron chi connectivity index (χ0n) is 12.1. The Labute approximate surface area is 141 Å². The first-order valence-corrected chi connectivity index (χ1v) is 7.90. The fraction of sp³-hybridized carbons (Fsp3) is 0.429. The molecule has 116 valence electrons. The highest BCUT2D eigenvalue weighted by Crippen LogP contribution is 2.26. The summed E-state index contributed by atoms with van der Waals surface area (Å²) in [5.41, 5.74) is 0.236. The maximum atomic E-state index is 12.1. The Kier molecular flexibility index (Phi) is 6.37. The van der Waals surface area contributed by atoms with Gasteiger partial charge in [-0.15, -0.1) is 0 Å². The molecule has 0 aromatic heterocycles. The molecular formula is C14H18Br2N2O3. The first-order valence-electron chi connectivity index (χ1n) is 6.31. The number of benzene rings is 1. The molecule has 0 aliphatic heterocycles. The Balaban J connectivity index is 2.76. The van der Waals surface area contributed by atoms with E-state index in [1.807, 2.05) is 32.9 Å². The lowest BCUT2D eigenvalue weighted by atomic mass is 10.1. The smallest absolute Gasteiger partial charge is 0.317 e. The fourth-order valence-electron chi connectivity index (χ4n) is 1.65. The first-order chi connectivity index (χ1) is 9.59. The van der Waals surface area contributed by atoms with Gasteiger partial charge in [0.25, 0.3) is 0 Å². The third kappa shape index (κ3) is 6.15. The van der Waals surface area contributed by atoms with Crippen molar-refractivity contribution >= 4 is 49.4 Å². The van der Waals surface area contributed by atoms with Crippen LogP contribution in [0.1, 0.15) is 20.8 Å². The molecule has 0 spiro atoms. The number of nitrogens with one attached hydrogen (secondary N) is 1. The molecule has 0 saturated heterocycles. The van der Waals surface area contributed by atoms with Gasteiger partial charge in [-0.2, -0.15) is 0 Å². The zero-order chi connectivity index (χ0) is 16.2. The Bertz CT molecular complexity index is 542. The molecule has 0 bridgehead atoms. The van der Waals surface area contributed by atoms with E-state index in [9.17, 15) is 9.59 Å². The summed E-state index contributed by atoms with van der Waals surface area (Å²) in [7, 11) is 0. The standard InChI is InChI=1S/C14H18Br2N2O3/c1-14(2,3)18(8-13(20)21)7-12(19)17-11-5-4-9(15)6-10(11)16/h4-6H,7-8H2,1-3H3,(H,17,19)(H,20,21). The molecule has 1 amide bonds. The predicted molar refractivity (Wildman–Crippen MR) is 89.4 cm³/mol. The van der Waals surface area contributed by atoms with Crippen molar-refractivity contribution in [3.8, 4) is 0 Å². The minimum Gasteiger partial charge on any atom is -0.480 e. The van der Waals surface area contributed by atoms with E-state index in [1.165, 1.54) is 0 Å². The highest BCUT2D eigenvalue weighted by atomic mass is 79.9. The van der Waals surface area contributed by atoms with Crippen molar-refractivity contribution < 1.29 is 14.7 Å². The number of nitrogens with zero attached hydrogens (tertiary/aromatic N) is 1. The van der Waals surface area contributed by atoms with Gasteiger partial charge < -0.3 is 10.4 Å². The van der Waals surface area contributed by atoms with Crippen LogP contribution in [0.4, 0.5) is 5.69 Å². The van der Waals surface area contributed by atoms with E-state index in [1.54, 1.807) is 11.0 Å². The summed E-state index contributed by atoms with van der Waals surface area (Å²) in [5, 5.41) is 11.7. The van der Waals surface area contributed by atoms with Crippen molar-refractivity contribution in [3.05, 3.63) is 27.1 Å². The normalized spacial score (nSPS) is 11.5. The molecule has 0 heterocycles. The first kappa shape index (κ1) is 18.1. The molecule has 1 aromatic carbocycles. The second-order valence-corrected chi connectivity index (χ2v) is 7.36. The second-order valence-electron chi connectivity index (χ2n) is 5.59. The van der Waals surface area contributed by atoms with E-state index in [-0.39, 0.29) is 19.0 Å². The number of carboxylic acid groups (broad SMARTS) is 1. The molecule has 0 saturated carbocycles. The lowest BCUT2D eigenvalue weighted by Crippen LogP contribution is -2.48. The van der Waals surface area contributed by atoms with E-state index >= 15 is 0 Å². The number of anilines is 1. The molecular weight excluding hydrogens is 404 g/mol. The average molecular weight is 422 g/mol. The van der Waals surface area contributed by atoms with Gasteiger partial charge in [0.15, 0.2) is 0 Å². The lowest BCUT2D eigenvalue weighted by Gasteiger charge is -2.33. The van der Waals surface area contributed by atoms with Gasteiger partial charge in [0, 0.05) is 14.5 Å². The second kappa shape index (κ2) is 7.38. The van der Waals surface area contributed by atoms with E-state index in [0.29, 0.717) is 5.69 Å². The number of hydrogen-bond donors (Lipinski definition) is 2. The minimum atomic E-state index is -0.956. The summed E-state index contributed by atoms with van der Waals surface area (Å²) in [6, 6.07) is 5.41. The molecule has 1 rings (SSSR count). The van der Waals surface area contributed by atoms with E-state index in [0.717, 1.165) is 8.95 Å². The van der Waals surface area contributed by atoms with Gasteiger partial charge in [0.2, 0.25) is 5.91 Å². The van der Waals surface area contributed by atoms with Crippen LogP contribution in [-0.4, -0.2) is 40.5 Å². The Morgan fingerprint density at radius 2 is 1.86 bits per heavy atom. The van der Waals surface area contributed by atoms with E-state index in [2.05, 4.69) is 37.2 Å². The zero-order valence-corrected chi connectivity index (χ0v) is 15.3. The molecule has 7 heteroatoms. The van der Waals surface area contributed by atoms with Crippen LogP contribution >= 0.6 is 31.9 Å². The third-order valence-corrected chi connectivity index (χ3v) is 3.96. The van der Waals surface area contributed by atoms with E-state index < -0.39 is 11.5 Å². The van der Waals surface area contributed by atoms with Crippen LogP contribution < -0.4 is 5.32 Å². The molecule has 5 nitrogen and oxygen atoms in total.